The molecule has 0 bridgehead atoms. The van der Waals surface area contributed by atoms with Crippen molar-refractivity contribution >= 4 is 75.2 Å². The van der Waals surface area contributed by atoms with Gasteiger partial charge in [-0.2, -0.15) is 0 Å². The Labute approximate surface area is 327 Å². The van der Waals surface area contributed by atoms with Crippen LogP contribution in [-0.4, -0.2) is 119 Å². The van der Waals surface area contributed by atoms with E-state index in [0.29, 0.717) is 34.1 Å². The Hall–Kier alpha value is -7.09. The van der Waals surface area contributed by atoms with Gasteiger partial charge in [-0.1, -0.05) is 24.3 Å². The lowest BCUT2D eigenvalue weighted by molar-refractivity contribution is -0.140. The number of nitrogens with one attached hydrogen (secondary N) is 2. The molecule has 2 amide bonds. The molecule has 0 aliphatic carbocycles. The van der Waals surface area contributed by atoms with Crippen LogP contribution >= 0.6 is 0 Å². The highest BCUT2D eigenvalue weighted by Gasteiger charge is 2.21. The fraction of sp³-hybridized carbons (Fsp3) is 0.237. The fourth-order valence-electron chi connectivity index (χ4n) is 5.84. The third kappa shape index (κ3) is 13.0. The van der Waals surface area contributed by atoms with E-state index in [9.17, 15) is 39.3 Å². The maximum atomic E-state index is 13.0. The maximum Gasteiger partial charge on any atom is 0.317 e. The van der Waals surface area contributed by atoms with Crippen molar-refractivity contribution < 1.29 is 39.3 Å². The molecule has 0 atom stereocenters. The van der Waals surface area contributed by atoms with Crippen molar-refractivity contribution in [1.82, 2.24) is 14.7 Å². The molecule has 0 spiro atoms. The van der Waals surface area contributed by atoms with Crippen molar-refractivity contribution in [2.24, 2.45) is 0 Å². The lowest BCUT2D eigenvalue weighted by Crippen LogP contribution is -2.46. The number of carboxylic acid groups (broad SMARTS) is 3. The van der Waals surface area contributed by atoms with Crippen LogP contribution in [0.15, 0.2) is 72.8 Å². The lowest BCUT2D eigenvalue weighted by atomic mass is 10.0. The number of nitrogen functional groups attached to an aromatic ring is 6. The Kier molecular flexibility index (Phi) is 14.6. The van der Waals surface area contributed by atoms with Crippen LogP contribution in [0.3, 0.4) is 0 Å². The van der Waals surface area contributed by atoms with Gasteiger partial charge in [0.15, 0.2) is 0 Å². The van der Waals surface area contributed by atoms with Gasteiger partial charge in [0.2, 0.25) is 11.8 Å². The van der Waals surface area contributed by atoms with E-state index in [-0.39, 0.29) is 50.6 Å². The van der Waals surface area contributed by atoms with Gasteiger partial charge in [-0.15, -0.1) is 0 Å². The van der Waals surface area contributed by atoms with Crippen LogP contribution in [0.5, 0.6) is 0 Å². The molecule has 0 radical (unpaired) electrons. The van der Waals surface area contributed by atoms with Crippen molar-refractivity contribution in [3.05, 3.63) is 72.8 Å². The Balaban J connectivity index is 1.36. The average Bonchev–Trinajstić information content (AvgIpc) is 3.12. The Morgan fingerprint density at radius 3 is 1.02 bits per heavy atom. The number of nitrogens with zero attached hydrogens (tertiary/aromatic N) is 3. The first-order chi connectivity index (χ1) is 27.0. The number of hydrogen-bond acceptors (Lipinski definition) is 14. The number of aliphatic carboxylic acids is 3. The smallest absolute Gasteiger partial charge is 0.317 e. The van der Waals surface area contributed by atoms with Crippen LogP contribution in [0, 0.1) is 0 Å². The first-order valence-electron chi connectivity index (χ1n) is 17.5. The van der Waals surface area contributed by atoms with E-state index in [1.54, 1.807) is 72.8 Å². The van der Waals surface area contributed by atoms with Gasteiger partial charge in [-0.3, -0.25) is 38.7 Å². The minimum atomic E-state index is -1.22. The average molecular weight is 786 g/mol. The van der Waals surface area contributed by atoms with Gasteiger partial charge in [0.1, 0.15) is 0 Å². The van der Waals surface area contributed by atoms with E-state index in [0.717, 1.165) is 22.3 Å². The van der Waals surface area contributed by atoms with Gasteiger partial charge >= 0.3 is 17.9 Å². The standard InChI is InChI=1S/C38H47N11O8/c39-26-5-1-22(13-28(26)41)24-3-7-32(30(43)15-24)45-34(50)17-48(20-37(54)55)11-9-47(19-36(52)53)10-12-49(21-38(56)57)18-35(51)46-33-8-4-25(16-31(33)44)23-2-6-27(40)29(42)14-23/h1-8,13-16H,9-12,17-21,39-44H2,(H,45,50)(H,46,51)(H,52,53)(H,54,55)(H,56,57). The number of benzene rings is 4. The van der Waals surface area contributed by atoms with Crippen LogP contribution in [0.4, 0.5) is 45.5 Å². The molecule has 57 heavy (non-hydrogen) atoms. The van der Waals surface area contributed by atoms with Crippen LogP contribution < -0.4 is 45.0 Å². The van der Waals surface area contributed by atoms with E-state index in [1.165, 1.54) is 14.7 Å². The topological polar surface area (TPSA) is 336 Å². The predicted molar refractivity (Wildman–Crippen MR) is 220 cm³/mol. The zero-order valence-electron chi connectivity index (χ0n) is 31.0. The summed E-state index contributed by atoms with van der Waals surface area (Å²) in [6.45, 7) is -2.40. The van der Waals surface area contributed by atoms with E-state index in [2.05, 4.69) is 10.6 Å². The number of rotatable bonds is 20. The number of carbonyl (C=O) groups is 5. The Morgan fingerprint density at radius 1 is 0.404 bits per heavy atom. The lowest BCUT2D eigenvalue weighted by Gasteiger charge is -2.28. The highest BCUT2D eigenvalue weighted by Crippen LogP contribution is 2.31. The molecule has 0 aromatic heterocycles. The van der Waals surface area contributed by atoms with Crippen LogP contribution in [-0.2, 0) is 24.0 Å². The van der Waals surface area contributed by atoms with Crippen molar-refractivity contribution in [2.45, 2.75) is 0 Å². The summed E-state index contributed by atoms with van der Waals surface area (Å²) in [5, 5.41) is 34.0. The zero-order chi connectivity index (χ0) is 41.8. The number of anilines is 8. The summed E-state index contributed by atoms with van der Waals surface area (Å²) in [5.41, 5.74) is 41.6. The zero-order valence-corrected chi connectivity index (χ0v) is 31.0. The molecular formula is C38H47N11O8. The summed E-state index contributed by atoms with van der Waals surface area (Å²) in [4.78, 5) is 65.3. The molecule has 19 heteroatoms. The van der Waals surface area contributed by atoms with Crippen molar-refractivity contribution in [3.63, 3.8) is 0 Å². The van der Waals surface area contributed by atoms with Crippen LogP contribution in [0.1, 0.15) is 0 Å². The SMILES string of the molecule is Nc1ccc(-c2ccc(NC(=O)CN(CCN(CCN(CC(=O)O)CC(=O)Nc3ccc(-c4ccc(N)c(N)c4)cc3N)CC(=O)O)CC(=O)O)c(N)c2)cc1N. The molecule has 19 nitrogen and oxygen atoms in total. The fourth-order valence-corrected chi connectivity index (χ4v) is 5.84. The molecule has 4 aromatic rings. The second kappa shape index (κ2) is 19.5. The van der Waals surface area contributed by atoms with Gasteiger partial charge in [0.05, 0.1) is 78.2 Å². The monoisotopic (exact) mass is 785 g/mol. The summed E-state index contributed by atoms with van der Waals surface area (Å²) < 4.78 is 0. The molecule has 0 saturated heterocycles. The molecule has 302 valence electrons. The number of carboxylic acids is 3. The molecule has 17 N–H and O–H groups in total. The third-order valence-electron chi connectivity index (χ3n) is 8.77. The largest absolute Gasteiger partial charge is 0.480 e. The molecule has 4 aromatic carbocycles. The number of amides is 2. The van der Waals surface area contributed by atoms with Gasteiger partial charge in [0, 0.05) is 26.2 Å². The highest BCUT2D eigenvalue weighted by molar-refractivity contribution is 5.97. The summed E-state index contributed by atoms with van der Waals surface area (Å²) in [7, 11) is 0. The number of carbonyl (C=O) groups excluding carboxylic acids is 2. The summed E-state index contributed by atoms with van der Waals surface area (Å²) >= 11 is 0. The number of hydrogen-bond donors (Lipinski definition) is 11. The normalized spacial score (nSPS) is 11.1. The second-order valence-corrected chi connectivity index (χ2v) is 13.3. The van der Waals surface area contributed by atoms with Crippen molar-refractivity contribution in [3.8, 4) is 22.3 Å². The quantitative estimate of drug-likeness (QED) is 0.0562. The Bertz CT molecular complexity index is 1990. The van der Waals surface area contributed by atoms with Gasteiger partial charge in [-0.25, -0.2) is 0 Å². The van der Waals surface area contributed by atoms with Crippen molar-refractivity contribution in [2.75, 3.05) is 104 Å². The van der Waals surface area contributed by atoms with Crippen molar-refractivity contribution in [1.29, 1.82) is 0 Å². The summed E-state index contributed by atoms with van der Waals surface area (Å²) in [5.74, 6) is -4.77. The molecule has 4 rings (SSSR count). The molecule has 0 unspecified atom stereocenters. The van der Waals surface area contributed by atoms with Gasteiger partial charge in [-0.05, 0) is 70.8 Å². The van der Waals surface area contributed by atoms with E-state index >= 15 is 0 Å². The number of nitrogens with two attached hydrogens (primary N) is 6. The minimum Gasteiger partial charge on any atom is -0.480 e. The molecule has 0 saturated carbocycles. The third-order valence-corrected chi connectivity index (χ3v) is 8.77. The van der Waals surface area contributed by atoms with E-state index in [1.807, 2.05) is 0 Å². The first kappa shape index (κ1) is 42.6. The Morgan fingerprint density at radius 2 is 0.702 bits per heavy atom. The molecular weight excluding hydrogens is 738 g/mol. The summed E-state index contributed by atoms with van der Waals surface area (Å²) in [6, 6.07) is 20.2. The molecule has 0 fully saturated rings. The molecule has 0 aliphatic rings. The molecule has 0 aliphatic heterocycles. The van der Waals surface area contributed by atoms with E-state index < -0.39 is 49.4 Å². The van der Waals surface area contributed by atoms with Crippen LogP contribution in [0.25, 0.3) is 22.3 Å². The molecule has 0 heterocycles. The van der Waals surface area contributed by atoms with E-state index in [4.69, 9.17) is 34.4 Å². The first-order valence-corrected chi connectivity index (χ1v) is 17.5. The highest BCUT2D eigenvalue weighted by atomic mass is 16.4. The second-order valence-electron chi connectivity index (χ2n) is 13.3. The predicted octanol–water partition coefficient (Wildman–Crippen LogP) is 1.25. The van der Waals surface area contributed by atoms with Crippen LogP contribution in [0.2, 0.25) is 0 Å². The van der Waals surface area contributed by atoms with Gasteiger partial charge < -0.3 is 60.4 Å². The minimum absolute atomic E-state index is 0.00986. The maximum absolute atomic E-state index is 13.0. The summed E-state index contributed by atoms with van der Waals surface area (Å²) in [6.07, 6.45) is 0. The van der Waals surface area contributed by atoms with Gasteiger partial charge in [0.25, 0.3) is 0 Å².